The number of hydrogen-bond acceptors (Lipinski definition) is 4. The zero-order valence-electron chi connectivity index (χ0n) is 13.3. The second-order valence-electron chi connectivity index (χ2n) is 5.01. The Morgan fingerprint density at radius 1 is 1.08 bits per heavy atom. The number of carbonyl (C=O) groups excluding carboxylic acids is 2. The van der Waals surface area contributed by atoms with Gasteiger partial charge in [0.2, 0.25) is 0 Å². The Labute approximate surface area is 145 Å². The number of benzene rings is 2. The fraction of sp³-hybridized carbons (Fsp3) is 0.222. The maximum absolute atomic E-state index is 12.0. The summed E-state index contributed by atoms with van der Waals surface area (Å²) in [5.41, 5.74) is 1.70. The summed E-state index contributed by atoms with van der Waals surface area (Å²) in [4.78, 5) is 23.5. The highest BCUT2D eigenvalue weighted by molar-refractivity contribution is 6.30. The zero-order chi connectivity index (χ0) is 17.4. The van der Waals surface area contributed by atoms with E-state index in [2.05, 4.69) is 10.1 Å². The molecule has 6 heteroatoms. The van der Waals surface area contributed by atoms with Crippen LogP contribution in [-0.4, -0.2) is 32.1 Å². The van der Waals surface area contributed by atoms with Gasteiger partial charge in [-0.05, 0) is 35.9 Å². The Bertz CT molecular complexity index is 718. The molecule has 0 atom stereocenters. The summed E-state index contributed by atoms with van der Waals surface area (Å²) in [6.07, 6.45) is 0. The quantitative estimate of drug-likeness (QED) is 0.617. The van der Waals surface area contributed by atoms with E-state index in [0.29, 0.717) is 35.9 Å². The van der Waals surface area contributed by atoms with Crippen molar-refractivity contribution in [1.82, 2.24) is 5.32 Å². The monoisotopic (exact) mass is 347 g/mol. The first-order valence-corrected chi connectivity index (χ1v) is 7.76. The molecule has 2 aromatic carbocycles. The summed E-state index contributed by atoms with van der Waals surface area (Å²) in [5.74, 6) is -0.749. The lowest BCUT2D eigenvalue weighted by molar-refractivity contribution is 0.0600. The molecule has 0 aliphatic carbocycles. The maximum atomic E-state index is 12.0. The van der Waals surface area contributed by atoms with E-state index in [-0.39, 0.29) is 5.91 Å². The lowest BCUT2D eigenvalue weighted by Gasteiger charge is -2.08. The molecular formula is C18H18ClNO4. The van der Waals surface area contributed by atoms with Crippen molar-refractivity contribution in [2.24, 2.45) is 0 Å². The Hall–Kier alpha value is -2.37. The van der Waals surface area contributed by atoms with Gasteiger partial charge in [0.05, 0.1) is 25.9 Å². The minimum Gasteiger partial charge on any atom is -0.465 e. The standard InChI is InChI=1S/C18H18ClNO4/c1-23-18(22)15-6-3-5-14(11-15)17(21)20-8-9-24-12-13-4-2-7-16(19)10-13/h2-7,10-11H,8-9,12H2,1H3,(H,20,21). The second-order valence-corrected chi connectivity index (χ2v) is 5.45. The average Bonchev–Trinajstić information content (AvgIpc) is 2.60. The third kappa shape index (κ3) is 5.37. The molecule has 24 heavy (non-hydrogen) atoms. The van der Waals surface area contributed by atoms with Gasteiger partial charge < -0.3 is 14.8 Å². The van der Waals surface area contributed by atoms with Crippen molar-refractivity contribution in [2.45, 2.75) is 6.61 Å². The first kappa shape index (κ1) is 18.0. The Balaban J connectivity index is 1.76. The number of amides is 1. The largest absolute Gasteiger partial charge is 0.465 e. The van der Waals surface area contributed by atoms with E-state index in [0.717, 1.165) is 5.56 Å². The molecule has 0 radical (unpaired) electrons. The number of methoxy groups -OCH3 is 1. The third-order valence-electron chi connectivity index (χ3n) is 3.24. The van der Waals surface area contributed by atoms with Gasteiger partial charge in [0.1, 0.15) is 0 Å². The number of rotatable bonds is 7. The topological polar surface area (TPSA) is 64.6 Å². The van der Waals surface area contributed by atoms with Gasteiger partial charge in [0.25, 0.3) is 5.91 Å². The van der Waals surface area contributed by atoms with Gasteiger partial charge in [-0.3, -0.25) is 4.79 Å². The Morgan fingerprint density at radius 3 is 2.58 bits per heavy atom. The summed E-state index contributed by atoms with van der Waals surface area (Å²) in [5, 5.41) is 3.40. The highest BCUT2D eigenvalue weighted by Gasteiger charge is 2.10. The van der Waals surface area contributed by atoms with E-state index in [4.69, 9.17) is 16.3 Å². The number of halogens is 1. The molecule has 2 aromatic rings. The minimum atomic E-state index is -0.477. The molecule has 0 unspecified atom stereocenters. The van der Waals surface area contributed by atoms with Crippen molar-refractivity contribution in [3.8, 4) is 0 Å². The molecule has 0 saturated heterocycles. The van der Waals surface area contributed by atoms with Crippen LogP contribution < -0.4 is 5.32 Å². The van der Waals surface area contributed by atoms with Gasteiger partial charge in [0.15, 0.2) is 0 Å². The van der Waals surface area contributed by atoms with Crippen LogP contribution in [0.4, 0.5) is 0 Å². The summed E-state index contributed by atoms with van der Waals surface area (Å²) in [6.45, 7) is 1.16. The van der Waals surface area contributed by atoms with Crippen LogP contribution in [0.3, 0.4) is 0 Å². The predicted octanol–water partition coefficient (Wildman–Crippen LogP) is 3.07. The fourth-order valence-electron chi connectivity index (χ4n) is 2.06. The van der Waals surface area contributed by atoms with Crippen LogP contribution in [-0.2, 0) is 16.1 Å². The molecule has 0 aromatic heterocycles. The molecule has 1 amide bonds. The van der Waals surface area contributed by atoms with Gasteiger partial charge in [0, 0.05) is 17.1 Å². The van der Waals surface area contributed by atoms with Crippen LogP contribution in [0.2, 0.25) is 5.02 Å². The minimum absolute atomic E-state index is 0.271. The number of nitrogens with one attached hydrogen (secondary N) is 1. The van der Waals surface area contributed by atoms with Gasteiger partial charge in [-0.25, -0.2) is 4.79 Å². The lowest BCUT2D eigenvalue weighted by atomic mass is 10.1. The number of hydrogen-bond donors (Lipinski definition) is 1. The number of ether oxygens (including phenoxy) is 2. The first-order chi connectivity index (χ1) is 11.6. The molecule has 0 bridgehead atoms. The van der Waals surface area contributed by atoms with E-state index in [1.165, 1.54) is 13.2 Å². The summed E-state index contributed by atoms with van der Waals surface area (Å²) in [7, 11) is 1.30. The van der Waals surface area contributed by atoms with Gasteiger partial charge in [-0.1, -0.05) is 29.8 Å². The van der Waals surface area contributed by atoms with Crippen LogP contribution >= 0.6 is 11.6 Å². The maximum Gasteiger partial charge on any atom is 0.337 e. The molecule has 0 aliphatic rings. The lowest BCUT2D eigenvalue weighted by Crippen LogP contribution is -2.27. The van der Waals surface area contributed by atoms with Crippen molar-refractivity contribution in [1.29, 1.82) is 0 Å². The van der Waals surface area contributed by atoms with Crippen LogP contribution in [0.5, 0.6) is 0 Å². The summed E-state index contributed by atoms with van der Waals surface area (Å²) >= 11 is 5.89. The normalized spacial score (nSPS) is 10.2. The third-order valence-corrected chi connectivity index (χ3v) is 3.47. The van der Waals surface area contributed by atoms with Crippen LogP contribution in [0.25, 0.3) is 0 Å². The average molecular weight is 348 g/mol. The Kier molecular flexibility index (Phi) is 6.78. The number of esters is 1. The van der Waals surface area contributed by atoms with Gasteiger partial charge >= 0.3 is 5.97 Å². The molecule has 0 spiro atoms. The molecule has 0 fully saturated rings. The summed E-state index contributed by atoms with van der Waals surface area (Å²) < 4.78 is 10.1. The van der Waals surface area contributed by atoms with Gasteiger partial charge in [-0.2, -0.15) is 0 Å². The SMILES string of the molecule is COC(=O)c1cccc(C(=O)NCCOCc2cccc(Cl)c2)c1. The van der Waals surface area contributed by atoms with Crippen molar-refractivity contribution in [3.05, 3.63) is 70.2 Å². The van der Waals surface area contributed by atoms with Crippen molar-refractivity contribution in [3.63, 3.8) is 0 Å². The predicted molar refractivity (Wildman–Crippen MR) is 91.2 cm³/mol. The molecule has 0 heterocycles. The van der Waals surface area contributed by atoms with Crippen molar-refractivity contribution in [2.75, 3.05) is 20.3 Å². The van der Waals surface area contributed by atoms with E-state index in [1.54, 1.807) is 24.3 Å². The highest BCUT2D eigenvalue weighted by atomic mass is 35.5. The van der Waals surface area contributed by atoms with Crippen LogP contribution in [0.15, 0.2) is 48.5 Å². The molecular weight excluding hydrogens is 330 g/mol. The molecule has 1 N–H and O–H groups in total. The van der Waals surface area contributed by atoms with Crippen LogP contribution in [0, 0.1) is 0 Å². The van der Waals surface area contributed by atoms with E-state index in [1.807, 2.05) is 18.2 Å². The fourth-order valence-corrected chi connectivity index (χ4v) is 2.27. The van der Waals surface area contributed by atoms with Crippen LogP contribution in [0.1, 0.15) is 26.3 Å². The number of carbonyl (C=O) groups is 2. The highest BCUT2D eigenvalue weighted by Crippen LogP contribution is 2.11. The molecule has 5 nitrogen and oxygen atoms in total. The van der Waals surface area contributed by atoms with E-state index >= 15 is 0 Å². The molecule has 2 rings (SSSR count). The smallest absolute Gasteiger partial charge is 0.337 e. The summed E-state index contributed by atoms with van der Waals surface area (Å²) in [6, 6.07) is 13.8. The Morgan fingerprint density at radius 2 is 1.83 bits per heavy atom. The molecule has 0 saturated carbocycles. The van der Waals surface area contributed by atoms with E-state index < -0.39 is 5.97 Å². The molecule has 126 valence electrons. The van der Waals surface area contributed by atoms with Gasteiger partial charge in [-0.15, -0.1) is 0 Å². The first-order valence-electron chi connectivity index (χ1n) is 7.39. The van der Waals surface area contributed by atoms with E-state index in [9.17, 15) is 9.59 Å². The van der Waals surface area contributed by atoms with Crippen molar-refractivity contribution >= 4 is 23.5 Å². The molecule has 0 aliphatic heterocycles. The zero-order valence-corrected chi connectivity index (χ0v) is 14.0. The van der Waals surface area contributed by atoms with Crippen molar-refractivity contribution < 1.29 is 19.1 Å². The second kappa shape index (κ2) is 9.05.